The number of rotatable bonds is 3. The maximum absolute atomic E-state index is 12.0. The number of amides is 3. The van der Waals surface area contributed by atoms with Gasteiger partial charge in [-0.1, -0.05) is 18.2 Å². The zero-order valence-electron chi connectivity index (χ0n) is 11.1. The second-order valence-corrected chi connectivity index (χ2v) is 4.71. The Bertz CT molecular complexity index is 524. The van der Waals surface area contributed by atoms with E-state index in [0.29, 0.717) is 24.0 Å². The van der Waals surface area contributed by atoms with Crippen LogP contribution >= 0.6 is 0 Å². The molecule has 3 amide bonds. The lowest BCUT2D eigenvalue weighted by Crippen LogP contribution is -2.36. The van der Waals surface area contributed by atoms with E-state index in [1.54, 1.807) is 24.3 Å². The number of hydrogen-bond acceptors (Lipinski definition) is 4. The van der Waals surface area contributed by atoms with Crippen LogP contribution in [0.4, 0.5) is 0 Å². The van der Waals surface area contributed by atoms with E-state index in [1.807, 2.05) is 0 Å². The summed E-state index contributed by atoms with van der Waals surface area (Å²) >= 11 is 0. The van der Waals surface area contributed by atoms with E-state index in [0.717, 1.165) is 12.8 Å². The summed E-state index contributed by atoms with van der Waals surface area (Å²) < 4.78 is 0. The molecule has 1 saturated heterocycles. The van der Waals surface area contributed by atoms with Gasteiger partial charge in [0.15, 0.2) is 0 Å². The van der Waals surface area contributed by atoms with Gasteiger partial charge in [-0.2, -0.15) is 0 Å². The van der Waals surface area contributed by atoms with Gasteiger partial charge in [-0.05, 0) is 24.5 Å². The smallest absolute Gasteiger partial charge is 0.265 e. The van der Waals surface area contributed by atoms with E-state index in [4.69, 9.17) is 5.84 Å². The molecule has 1 aromatic rings. The monoisotopic (exact) mass is 275 g/mol. The van der Waals surface area contributed by atoms with E-state index < -0.39 is 5.91 Å². The van der Waals surface area contributed by atoms with Crippen LogP contribution in [0.15, 0.2) is 24.3 Å². The number of likely N-dealkylation sites (tertiary alicyclic amines) is 1. The molecular formula is C14H17N3O3. The number of imide groups is 1. The van der Waals surface area contributed by atoms with E-state index in [-0.39, 0.29) is 18.4 Å². The van der Waals surface area contributed by atoms with Crippen molar-refractivity contribution in [3.8, 4) is 0 Å². The van der Waals surface area contributed by atoms with Gasteiger partial charge < -0.3 is 0 Å². The number of nitrogens with zero attached hydrogens (tertiary/aromatic N) is 1. The Morgan fingerprint density at radius 1 is 1.15 bits per heavy atom. The third kappa shape index (κ3) is 3.03. The average molecular weight is 275 g/mol. The number of nitrogens with two attached hydrogens (primary N) is 1. The molecule has 0 atom stereocenters. The van der Waals surface area contributed by atoms with Crippen molar-refractivity contribution in [1.82, 2.24) is 10.3 Å². The van der Waals surface area contributed by atoms with Crippen molar-refractivity contribution in [3.05, 3.63) is 35.4 Å². The Morgan fingerprint density at radius 2 is 1.75 bits per heavy atom. The van der Waals surface area contributed by atoms with Crippen LogP contribution in [0.3, 0.4) is 0 Å². The highest BCUT2D eigenvalue weighted by atomic mass is 16.2. The van der Waals surface area contributed by atoms with Crippen molar-refractivity contribution < 1.29 is 14.4 Å². The van der Waals surface area contributed by atoms with Gasteiger partial charge in [0.05, 0.1) is 6.54 Å². The lowest BCUT2D eigenvalue weighted by atomic mass is 10.1. The minimum Gasteiger partial charge on any atom is -0.290 e. The first-order valence-corrected chi connectivity index (χ1v) is 6.55. The molecule has 20 heavy (non-hydrogen) atoms. The highest BCUT2D eigenvalue weighted by Gasteiger charge is 2.25. The molecule has 1 aliphatic heterocycles. The summed E-state index contributed by atoms with van der Waals surface area (Å²) in [5, 5.41) is 0. The topological polar surface area (TPSA) is 92.5 Å². The molecule has 0 aromatic heterocycles. The molecule has 2 rings (SSSR count). The molecule has 0 bridgehead atoms. The molecule has 0 spiro atoms. The molecule has 1 fully saturated rings. The van der Waals surface area contributed by atoms with Crippen LogP contribution in [0.25, 0.3) is 0 Å². The second-order valence-electron chi connectivity index (χ2n) is 4.71. The van der Waals surface area contributed by atoms with Crippen molar-refractivity contribution in [3.63, 3.8) is 0 Å². The fourth-order valence-corrected chi connectivity index (χ4v) is 2.27. The molecule has 1 aliphatic rings. The molecule has 6 nitrogen and oxygen atoms in total. The first-order chi connectivity index (χ1) is 9.63. The zero-order valence-corrected chi connectivity index (χ0v) is 11.1. The van der Waals surface area contributed by atoms with E-state index in [2.05, 4.69) is 5.43 Å². The third-order valence-electron chi connectivity index (χ3n) is 3.35. The van der Waals surface area contributed by atoms with Crippen molar-refractivity contribution in [1.29, 1.82) is 0 Å². The van der Waals surface area contributed by atoms with Gasteiger partial charge in [0.1, 0.15) is 0 Å². The Morgan fingerprint density at radius 3 is 2.35 bits per heavy atom. The highest BCUT2D eigenvalue weighted by Crippen LogP contribution is 2.18. The van der Waals surface area contributed by atoms with Crippen LogP contribution in [0, 0.1) is 0 Å². The predicted molar refractivity (Wildman–Crippen MR) is 72.1 cm³/mol. The van der Waals surface area contributed by atoms with Crippen LogP contribution in [0.1, 0.15) is 41.6 Å². The molecule has 0 unspecified atom stereocenters. The lowest BCUT2D eigenvalue weighted by molar-refractivity contribution is -0.144. The van der Waals surface area contributed by atoms with Gasteiger partial charge in [-0.3, -0.25) is 24.7 Å². The Kier molecular flexibility index (Phi) is 4.47. The maximum atomic E-state index is 12.0. The van der Waals surface area contributed by atoms with Crippen LogP contribution in [-0.4, -0.2) is 22.6 Å². The molecule has 0 aliphatic carbocycles. The van der Waals surface area contributed by atoms with Gasteiger partial charge in [0, 0.05) is 18.4 Å². The number of carbonyl (C=O) groups excluding carboxylic acids is 3. The standard InChI is InChI=1S/C14H17N3O3/c15-16-14(20)11-6-2-1-5-10(11)9-17-12(18)7-3-4-8-13(17)19/h1-2,5-6H,3-4,7-9,15H2,(H,16,20). The quantitative estimate of drug-likeness (QED) is 0.368. The van der Waals surface area contributed by atoms with E-state index in [1.165, 1.54) is 4.90 Å². The summed E-state index contributed by atoms with van der Waals surface area (Å²) in [7, 11) is 0. The minimum atomic E-state index is -0.435. The molecule has 0 radical (unpaired) electrons. The Hall–Kier alpha value is -2.21. The first kappa shape index (κ1) is 14.2. The SMILES string of the molecule is NNC(=O)c1ccccc1CN1C(=O)CCCCC1=O. The van der Waals surface area contributed by atoms with Crippen molar-refractivity contribution in [2.45, 2.75) is 32.2 Å². The Balaban J connectivity index is 2.26. The second kappa shape index (κ2) is 6.29. The predicted octanol–water partition coefficient (Wildman–Crippen LogP) is 0.719. The largest absolute Gasteiger partial charge is 0.290 e. The molecule has 0 saturated carbocycles. The number of carbonyl (C=O) groups is 3. The summed E-state index contributed by atoms with van der Waals surface area (Å²) in [6.45, 7) is 0.112. The highest BCUT2D eigenvalue weighted by molar-refractivity contribution is 5.97. The number of benzene rings is 1. The molecule has 1 heterocycles. The van der Waals surface area contributed by atoms with Crippen LogP contribution < -0.4 is 11.3 Å². The normalized spacial score (nSPS) is 15.9. The van der Waals surface area contributed by atoms with Crippen molar-refractivity contribution in [2.75, 3.05) is 0 Å². The van der Waals surface area contributed by atoms with Gasteiger partial charge in [-0.25, -0.2) is 5.84 Å². The van der Waals surface area contributed by atoms with Gasteiger partial charge >= 0.3 is 0 Å². The zero-order chi connectivity index (χ0) is 14.5. The lowest BCUT2D eigenvalue weighted by Gasteiger charge is -2.20. The van der Waals surface area contributed by atoms with Crippen molar-refractivity contribution >= 4 is 17.7 Å². The number of nitrogens with one attached hydrogen (secondary N) is 1. The number of hydrogen-bond donors (Lipinski definition) is 2. The van der Waals surface area contributed by atoms with Crippen LogP contribution in [0.2, 0.25) is 0 Å². The summed E-state index contributed by atoms with van der Waals surface area (Å²) in [5.41, 5.74) is 3.05. The average Bonchev–Trinajstić information content (AvgIpc) is 2.62. The molecule has 106 valence electrons. The number of nitrogen functional groups attached to an aromatic ring is 1. The first-order valence-electron chi connectivity index (χ1n) is 6.55. The van der Waals surface area contributed by atoms with Gasteiger partial charge in [-0.15, -0.1) is 0 Å². The summed E-state index contributed by atoms with van der Waals surface area (Å²) in [4.78, 5) is 36.8. The fourth-order valence-electron chi connectivity index (χ4n) is 2.27. The molecule has 1 aromatic carbocycles. The van der Waals surface area contributed by atoms with E-state index >= 15 is 0 Å². The van der Waals surface area contributed by atoms with Crippen molar-refractivity contribution in [2.24, 2.45) is 5.84 Å². The third-order valence-corrected chi connectivity index (χ3v) is 3.35. The summed E-state index contributed by atoms with van der Waals surface area (Å²) in [5.74, 6) is 4.33. The molecule has 6 heteroatoms. The maximum Gasteiger partial charge on any atom is 0.265 e. The molecule has 3 N–H and O–H groups in total. The summed E-state index contributed by atoms with van der Waals surface area (Å²) in [6.07, 6.45) is 2.20. The van der Waals surface area contributed by atoms with E-state index in [9.17, 15) is 14.4 Å². The Labute approximate surface area is 116 Å². The van der Waals surface area contributed by atoms with Crippen LogP contribution in [-0.2, 0) is 16.1 Å². The fraction of sp³-hybridized carbons (Fsp3) is 0.357. The van der Waals surface area contributed by atoms with Gasteiger partial charge in [0.25, 0.3) is 5.91 Å². The molecular weight excluding hydrogens is 258 g/mol. The minimum absolute atomic E-state index is 0.112. The van der Waals surface area contributed by atoms with Gasteiger partial charge in [0.2, 0.25) is 11.8 Å². The summed E-state index contributed by atoms with van der Waals surface area (Å²) in [6, 6.07) is 6.80. The number of hydrazine groups is 1. The van der Waals surface area contributed by atoms with Crippen LogP contribution in [0.5, 0.6) is 0 Å².